The number of rotatable bonds is 4. The Kier molecular flexibility index (Phi) is 3.84. The maximum absolute atomic E-state index is 12.7. The van der Waals surface area contributed by atoms with Gasteiger partial charge < -0.3 is 15.5 Å². The first-order valence-electron chi connectivity index (χ1n) is 9.78. The fourth-order valence-electron chi connectivity index (χ4n) is 5.01. The minimum Gasteiger partial charge on any atom is -0.322 e. The summed E-state index contributed by atoms with van der Waals surface area (Å²) in [6.45, 7) is 3.36. The summed E-state index contributed by atoms with van der Waals surface area (Å²) in [4.78, 5) is 37.8. The Morgan fingerprint density at radius 1 is 1.22 bits per heavy atom. The maximum atomic E-state index is 12.7. The van der Waals surface area contributed by atoms with Crippen LogP contribution in [-0.4, -0.2) is 47.3 Å². The minimum absolute atomic E-state index is 0.114. The van der Waals surface area contributed by atoms with Gasteiger partial charge in [-0.25, -0.2) is 0 Å². The van der Waals surface area contributed by atoms with Crippen molar-refractivity contribution in [3.05, 3.63) is 34.9 Å². The second kappa shape index (κ2) is 6.14. The lowest BCUT2D eigenvalue weighted by molar-refractivity contribution is -0.136. The normalized spacial score (nSPS) is 32.1. The fourth-order valence-corrected chi connectivity index (χ4v) is 5.01. The summed E-state index contributed by atoms with van der Waals surface area (Å²) in [5, 5.41) is 9.56. The first-order chi connectivity index (χ1) is 13.1. The topological polar surface area (TPSA) is 90.5 Å². The highest BCUT2D eigenvalue weighted by Gasteiger charge is 2.49. The van der Waals surface area contributed by atoms with E-state index in [1.165, 1.54) is 18.4 Å². The zero-order chi connectivity index (χ0) is 18.6. The molecule has 5 rings (SSSR count). The second-order valence-electron chi connectivity index (χ2n) is 8.27. The van der Waals surface area contributed by atoms with Gasteiger partial charge in [0.2, 0.25) is 11.8 Å². The Bertz CT molecular complexity index is 839. The Morgan fingerprint density at radius 3 is 2.85 bits per heavy atom. The molecule has 7 heteroatoms. The number of amides is 3. The Morgan fingerprint density at radius 2 is 2.11 bits per heavy atom. The molecule has 1 aromatic carbocycles. The summed E-state index contributed by atoms with van der Waals surface area (Å²) in [6.07, 6.45) is 3.19. The SMILES string of the molecule is O=C1CCC(N2Cc3cc(CNC45CCC4CNC5)ccc3C2=O)C(=O)N1. The summed E-state index contributed by atoms with van der Waals surface area (Å²) in [5.41, 5.74) is 3.05. The average molecular weight is 368 g/mol. The van der Waals surface area contributed by atoms with E-state index in [1.807, 2.05) is 12.1 Å². The molecule has 0 spiro atoms. The van der Waals surface area contributed by atoms with Crippen LogP contribution >= 0.6 is 0 Å². The van der Waals surface area contributed by atoms with Crippen molar-refractivity contribution in [2.24, 2.45) is 5.92 Å². The molecular weight excluding hydrogens is 344 g/mol. The van der Waals surface area contributed by atoms with E-state index in [2.05, 4.69) is 22.0 Å². The molecule has 2 saturated heterocycles. The number of nitrogens with zero attached hydrogens (tertiary/aromatic N) is 1. The molecule has 27 heavy (non-hydrogen) atoms. The molecule has 3 aliphatic heterocycles. The molecule has 1 aliphatic carbocycles. The van der Waals surface area contributed by atoms with Crippen LogP contribution < -0.4 is 16.0 Å². The van der Waals surface area contributed by atoms with Gasteiger partial charge in [0.1, 0.15) is 6.04 Å². The lowest BCUT2D eigenvalue weighted by atomic mass is 9.69. The van der Waals surface area contributed by atoms with E-state index >= 15 is 0 Å². The predicted octanol–water partition coefficient (Wildman–Crippen LogP) is 0.289. The van der Waals surface area contributed by atoms with Gasteiger partial charge in [-0.3, -0.25) is 19.7 Å². The van der Waals surface area contributed by atoms with Crippen LogP contribution in [-0.2, 0) is 22.7 Å². The first kappa shape index (κ1) is 16.9. The summed E-state index contributed by atoms with van der Waals surface area (Å²) in [6, 6.07) is 5.41. The van der Waals surface area contributed by atoms with Crippen molar-refractivity contribution in [3.8, 4) is 0 Å². The number of carbonyl (C=O) groups excluding carboxylic acids is 3. The maximum Gasteiger partial charge on any atom is 0.255 e. The van der Waals surface area contributed by atoms with Crippen molar-refractivity contribution in [3.63, 3.8) is 0 Å². The fraction of sp³-hybridized carbons (Fsp3) is 0.550. The predicted molar refractivity (Wildman–Crippen MR) is 97.7 cm³/mol. The lowest BCUT2D eigenvalue weighted by Crippen LogP contribution is -2.57. The Hall–Kier alpha value is -2.25. The molecule has 0 radical (unpaired) electrons. The second-order valence-corrected chi connectivity index (χ2v) is 8.27. The molecule has 3 amide bonds. The molecule has 3 fully saturated rings. The van der Waals surface area contributed by atoms with Crippen molar-refractivity contribution in [1.82, 2.24) is 20.9 Å². The van der Waals surface area contributed by atoms with E-state index in [9.17, 15) is 14.4 Å². The van der Waals surface area contributed by atoms with Gasteiger partial charge in [0.25, 0.3) is 5.91 Å². The van der Waals surface area contributed by atoms with Gasteiger partial charge in [0, 0.05) is 37.2 Å². The largest absolute Gasteiger partial charge is 0.322 e. The van der Waals surface area contributed by atoms with E-state index in [0.717, 1.165) is 31.1 Å². The first-order valence-corrected chi connectivity index (χ1v) is 9.78. The minimum atomic E-state index is -0.552. The molecule has 3 heterocycles. The zero-order valence-corrected chi connectivity index (χ0v) is 15.2. The molecule has 0 aromatic heterocycles. The van der Waals surface area contributed by atoms with Crippen LogP contribution in [0.2, 0.25) is 0 Å². The number of hydrogen-bond acceptors (Lipinski definition) is 5. The molecule has 142 valence electrons. The van der Waals surface area contributed by atoms with Crippen LogP contribution in [0.5, 0.6) is 0 Å². The molecule has 7 nitrogen and oxygen atoms in total. The van der Waals surface area contributed by atoms with Crippen LogP contribution in [0.25, 0.3) is 0 Å². The van der Waals surface area contributed by atoms with Crippen molar-refractivity contribution in [2.45, 2.75) is 50.4 Å². The van der Waals surface area contributed by atoms with Crippen LogP contribution in [0.3, 0.4) is 0 Å². The van der Waals surface area contributed by atoms with Gasteiger partial charge in [-0.1, -0.05) is 12.1 Å². The number of benzene rings is 1. The van der Waals surface area contributed by atoms with Gasteiger partial charge in [-0.05, 0) is 48.9 Å². The van der Waals surface area contributed by atoms with Gasteiger partial charge in [0.05, 0.1) is 0 Å². The van der Waals surface area contributed by atoms with Crippen molar-refractivity contribution < 1.29 is 14.4 Å². The summed E-state index contributed by atoms with van der Waals surface area (Å²) in [5.74, 6) is -0.00447. The van der Waals surface area contributed by atoms with E-state index in [-0.39, 0.29) is 29.7 Å². The van der Waals surface area contributed by atoms with E-state index in [1.54, 1.807) is 4.90 Å². The number of piperidine rings is 1. The van der Waals surface area contributed by atoms with Gasteiger partial charge in [-0.15, -0.1) is 0 Å². The van der Waals surface area contributed by atoms with Crippen LogP contribution in [0, 0.1) is 5.92 Å². The highest BCUT2D eigenvalue weighted by molar-refractivity contribution is 6.05. The Labute approximate surface area is 157 Å². The standard InChI is InChI=1S/C20H24N4O3/c25-17-4-3-16(18(26)23-17)24-10-13-7-12(1-2-15(13)19(24)27)8-22-20-6-5-14(20)9-21-11-20/h1-2,7,14,16,21-22H,3-6,8-11H2,(H,23,25,26). The van der Waals surface area contributed by atoms with Crippen molar-refractivity contribution >= 4 is 17.7 Å². The highest BCUT2D eigenvalue weighted by Crippen LogP contribution is 2.41. The number of carbonyl (C=O) groups is 3. The van der Waals surface area contributed by atoms with Crippen molar-refractivity contribution in [1.29, 1.82) is 0 Å². The zero-order valence-electron chi connectivity index (χ0n) is 15.2. The third-order valence-corrected chi connectivity index (χ3v) is 6.78. The monoisotopic (exact) mass is 368 g/mol. The third-order valence-electron chi connectivity index (χ3n) is 6.78. The average Bonchev–Trinajstić information content (AvgIpc) is 3.10. The highest BCUT2D eigenvalue weighted by atomic mass is 16.2. The number of fused-ring (bicyclic) bond motifs is 2. The molecule has 3 unspecified atom stereocenters. The van der Waals surface area contributed by atoms with Crippen molar-refractivity contribution in [2.75, 3.05) is 13.1 Å². The number of imide groups is 1. The smallest absolute Gasteiger partial charge is 0.255 e. The molecule has 3 N–H and O–H groups in total. The molecule has 1 saturated carbocycles. The molecule has 1 aromatic rings. The summed E-state index contributed by atoms with van der Waals surface area (Å²) >= 11 is 0. The van der Waals surface area contributed by atoms with E-state index in [0.29, 0.717) is 18.5 Å². The van der Waals surface area contributed by atoms with Gasteiger partial charge in [0.15, 0.2) is 0 Å². The number of nitrogens with one attached hydrogen (secondary N) is 3. The van der Waals surface area contributed by atoms with E-state index in [4.69, 9.17) is 0 Å². The lowest BCUT2D eigenvalue weighted by Gasteiger charge is -2.45. The van der Waals surface area contributed by atoms with Gasteiger partial charge in [-0.2, -0.15) is 0 Å². The molecular formula is C20H24N4O3. The summed E-state index contributed by atoms with van der Waals surface area (Å²) < 4.78 is 0. The summed E-state index contributed by atoms with van der Waals surface area (Å²) in [7, 11) is 0. The third kappa shape index (κ3) is 2.68. The molecule has 0 bridgehead atoms. The van der Waals surface area contributed by atoms with Crippen LogP contribution in [0.4, 0.5) is 0 Å². The number of hydrogen-bond donors (Lipinski definition) is 3. The van der Waals surface area contributed by atoms with Crippen LogP contribution in [0.15, 0.2) is 18.2 Å². The quantitative estimate of drug-likeness (QED) is 0.665. The van der Waals surface area contributed by atoms with Gasteiger partial charge >= 0.3 is 0 Å². The van der Waals surface area contributed by atoms with Crippen LogP contribution in [0.1, 0.15) is 47.2 Å². The molecule has 4 aliphatic rings. The Balaban J connectivity index is 1.29. The molecule has 3 atom stereocenters. The van der Waals surface area contributed by atoms with E-state index < -0.39 is 6.04 Å².